The lowest BCUT2D eigenvalue weighted by Crippen LogP contribution is -2.50. The van der Waals surface area contributed by atoms with Gasteiger partial charge in [-0.3, -0.25) is 24.5 Å². The number of amides is 2. The van der Waals surface area contributed by atoms with E-state index in [2.05, 4.69) is 35.5 Å². The van der Waals surface area contributed by atoms with Crippen molar-refractivity contribution in [1.29, 1.82) is 0 Å². The molecular weight excluding hydrogens is 800 g/mol. The van der Waals surface area contributed by atoms with Crippen LogP contribution < -0.4 is 15.5 Å². The number of imide groups is 1. The molecule has 0 saturated carbocycles. The summed E-state index contributed by atoms with van der Waals surface area (Å²) in [5, 5.41) is 8.51. The topological polar surface area (TPSA) is 146 Å². The number of hydrogen-bond donors (Lipinski definition) is 2. The number of sulfonamides is 1. The van der Waals surface area contributed by atoms with E-state index in [-0.39, 0.29) is 41.2 Å². The van der Waals surface area contributed by atoms with Crippen molar-refractivity contribution >= 4 is 33.5 Å². The second-order valence-electron chi connectivity index (χ2n) is 14.4. The largest absolute Gasteiger partial charge is 0.419 e. The maximum absolute atomic E-state index is 15.6. The Hall–Kier alpha value is -5.15. The Morgan fingerprint density at radius 3 is 2.33 bits per heavy atom. The van der Waals surface area contributed by atoms with Crippen molar-refractivity contribution < 1.29 is 48.7 Å². The van der Waals surface area contributed by atoms with Crippen LogP contribution in [0.25, 0.3) is 11.3 Å². The molecule has 2 N–H and O–H groups in total. The third-order valence-corrected chi connectivity index (χ3v) is 12.2. The van der Waals surface area contributed by atoms with E-state index < -0.39 is 64.9 Å². The van der Waals surface area contributed by atoms with E-state index >= 15 is 4.39 Å². The van der Waals surface area contributed by atoms with Crippen molar-refractivity contribution in [3.63, 3.8) is 0 Å². The summed E-state index contributed by atoms with van der Waals surface area (Å²) < 4.78 is 124. The Labute approximate surface area is 328 Å². The first-order valence-electron chi connectivity index (χ1n) is 18.4. The van der Waals surface area contributed by atoms with Gasteiger partial charge >= 0.3 is 12.4 Å². The Morgan fingerprint density at radius 1 is 0.914 bits per heavy atom. The van der Waals surface area contributed by atoms with Gasteiger partial charge in [-0.15, -0.1) is 0 Å². The fraction of sp³-hybridized carbons (Fsp3) is 0.432. The van der Waals surface area contributed by atoms with Gasteiger partial charge in [-0.1, -0.05) is 24.3 Å². The van der Waals surface area contributed by atoms with Crippen LogP contribution in [0.3, 0.4) is 0 Å². The second-order valence-corrected chi connectivity index (χ2v) is 16.4. The molecule has 0 spiro atoms. The molecule has 7 rings (SSSR count). The van der Waals surface area contributed by atoms with Crippen LogP contribution in [0.2, 0.25) is 0 Å². The molecule has 21 heteroatoms. The monoisotopic (exact) mass is 837 g/mol. The molecule has 2 amide bonds. The lowest BCUT2D eigenvalue weighted by atomic mass is 9.90. The molecule has 3 atom stereocenters. The highest BCUT2D eigenvalue weighted by atomic mass is 32.2. The minimum Gasteiger partial charge on any atom is -0.369 e. The van der Waals surface area contributed by atoms with Gasteiger partial charge in [0.15, 0.2) is 0 Å². The lowest BCUT2D eigenvalue weighted by Gasteiger charge is -2.36. The van der Waals surface area contributed by atoms with Crippen LogP contribution in [0.1, 0.15) is 41.9 Å². The van der Waals surface area contributed by atoms with Crippen LogP contribution in [0.15, 0.2) is 72.0 Å². The fourth-order valence-corrected chi connectivity index (χ4v) is 8.90. The van der Waals surface area contributed by atoms with Crippen LogP contribution >= 0.6 is 0 Å². The van der Waals surface area contributed by atoms with Crippen molar-refractivity contribution in [2.45, 2.75) is 67.7 Å². The van der Waals surface area contributed by atoms with Crippen LogP contribution in [0.4, 0.5) is 42.4 Å². The highest BCUT2D eigenvalue weighted by Gasteiger charge is 2.39. The van der Waals surface area contributed by atoms with Gasteiger partial charge in [0.25, 0.3) is 0 Å². The molecule has 58 heavy (non-hydrogen) atoms. The Balaban J connectivity index is 0.944. The number of aromatic nitrogens is 4. The summed E-state index contributed by atoms with van der Waals surface area (Å²) in [4.78, 5) is 35.7. The molecule has 0 bridgehead atoms. The number of alkyl halides is 7. The molecule has 0 radical (unpaired) electrons. The van der Waals surface area contributed by atoms with Crippen LogP contribution in [0, 0.1) is 0 Å². The van der Waals surface area contributed by atoms with Crippen molar-refractivity contribution in [3.8, 4) is 11.3 Å². The molecule has 5 heterocycles. The summed E-state index contributed by atoms with van der Waals surface area (Å²) in [5.41, 5.74) is 0.153. The maximum Gasteiger partial charge on any atom is 0.419 e. The van der Waals surface area contributed by atoms with Gasteiger partial charge < -0.3 is 10.2 Å². The number of nitrogens with one attached hydrogen (secondary N) is 2. The standard InChI is InChI=1S/C37H38F7N9O4S/c38-30-21-53(11-10-31(30)47-35-45-18-29(37(42,43)44)33(49-35)25-17-46-52(20-25)22-36(39,40)41)58(56,57)27-3-1-2-23(16-27)19-50-12-14-51(15-13-50)26-6-4-24(5-7-26)28-8-9-32(54)48-34(28)55/h1-7,16-18,20,28,30-31H,8-15,19,21-22H2,(H,45,47,49)(H,48,54,55)/t28?,30-,31?/m1/s1. The molecule has 3 aliphatic rings. The number of hydrogen-bond acceptors (Lipinski definition) is 10. The summed E-state index contributed by atoms with van der Waals surface area (Å²) in [6, 6.07) is 13.1. The molecule has 0 aliphatic carbocycles. The number of carbonyl (C=O) groups is 2. The zero-order valence-electron chi connectivity index (χ0n) is 30.7. The van der Waals surface area contributed by atoms with Gasteiger partial charge in [-0.05, 0) is 48.2 Å². The summed E-state index contributed by atoms with van der Waals surface area (Å²) >= 11 is 0. The summed E-state index contributed by atoms with van der Waals surface area (Å²) in [6.45, 7) is 1.07. The second kappa shape index (κ2) is 16.2. The zero-order valence-corrected chi connectivity index (χ0v) is 31.5. The zero-order chi connectivity index (χ0) is 41.4. The van der Waals surface area contributed by atoms with Crippen LogP contribution in [-0.4, -0.2) is 107 Å². The number of piperazine rings is 1. The molecule has 2 unspecified atom stereocenters. The molecule has 310 valence electrons. The van der Waals surface area contributed by atoms with Crippen molar-refractivity contribution in [2.75, 3.05) is 49.5 Å². The van der Waals surface area contributed by atoms with E-state index in [9.17, 15) is 44.3 Å². The maximum atomic E-state index is 15.6. The fourth-order valence-electron chi connectivity index (χ4n) is 7.36. The number of piperidine rings is 2. The smallest absolute Gasteiger partial charge is 0.369 e. The third-order valence-electron chi connectivity index (χ3n) is 10.4. The number of halogens is 7. The Bertz CT molecular complexity index is 2250. The van der Waals surface area contributed by atoms with Gasteiger partial charge in [0.05, 0.1) is 28.7 Å². The Morgan fingerprint density at radius 2 is 1.66 bits per heavy atom. The predicted octanol–water partition coefficient (Wildman–Crippen LogP) is 4.98. The molecule has 4 aromatic rings. The van der Waals surface area contributed by atoms with E-state index in [4.69, 9.17) is 0 Å². The van der Waals surface area contributed by atoms with Crippen molar-refractivity contribution in [2.24, 2.45) is 0 Å². The average Bonchev–Trinajstić information content (AvgIpc) is 3.63. The van der Waals surface area contributed by atoms with E-state index in [1.165, 1.54) is 6.07 Å². The Kier molecular flexibility index (Phi) is 11.5. The molecular formula is C37H38F7N9O4S. The van der Waals surface area contributed by atoms with Gasteiger partial charge in [0, 0.05) is 75.9 Å². The first-order valence-corrected chi connectivity index (χ1v) is 19.8. The van der Waals surface area contributed by atoms with Crippen molar-refractivity contribution in [1.82, 2.24) is 34.3 Å². The third kappa shape index (κ3) is 9.42. The molecule has 3 fully saturated rings. The first-order chi connectivity index (χ1) is 27.4. The SMILES string of the molecule is O=C1CCC(c2ccc(N3CCN(Cc4cccc(S(=O)(=O)N5CCC(Nc6ncc(C(F)(F)F)c(-c7cnn(CC(F)(F)F)c7)n6)[C@H](F)C5)c4)CC3)cc2)C(=O)N1. The minimum absolute atomic E-state index is 0.0138. The summed E-state index contributed by atoms with van der Waals surface area (Å²) in [6.07, 6.45) is -8.76. The number of carbonyl (C=O) groups excluding carboxylic acids is 2. The van der Waals surface area contributed by atoms with Crippen LogP contribution in [-0.2, 0) is 38.9 Å². The normalized spacial score (nSPS) is 21.6. The highest BCUT2D eigenvalue weighted by molar-refractivity contribution is 7.89. The number of rotatable bonds is 10. The molecule has 2 aromatic carbocycles. The first kappa shape index (κ1) is 41.0. The quantitative estimate of drug-likeness (QED) is 0.166. The molecule has 3 saturated heterocycles. The van der Waals surface area contributed by atoms with Crippen LogP contribution in [0.5, 0.6) is 0 Å². The van der Waals surface area contributed by atoms with Gasteiger partial charge in [0.1, 0.15) is 18.3 Å². The van der Waals surface area contributed by atoms with Gasteiger partial charge in [-0.2, -0.15) is 35.7 Å². The van der Waals surface area contributed by atoms with E-state index in [0.29, 0.717) is 56.4 Å². The van der Waals surface area contributed by atoms with Gasteiger partial charge in [-0.25, -0.2) is 22.8 Å². The molecule has 13 nitrogen and oxygen atoms in total. The van der Waals surface area contributed by atoms with Gasteiger partial charge in [0.2, 0.25) is 27.8 Å². The summed E-state index contributed by atoms with van der Waals surface area (Å²) in [5.74, 6) is -1.33. The lowest BCUT2D eigenvalue weighted by molar-refractivity contribution is -0.142. The molecule has 3 aliphatic heterocycles. The number of nitrogens with zero attached hydrogens (tertiary/aromatic N) is 7. The van der Waals surface area contributed by atoms with E-state index in [1.807, 2.05) is 30.3 Å². The van der Waals surface area contributed by atoms with E-state index in [0.717, 1.165) is 33.5 Å². The highest BCUT2D eigenvalue weighted by Crippen LogP contribution is 2.37. The number of anilines is 2. The molecule has 2 aromatic heterocycles. The summed E-state index contributed by atoms with van der Waals surface area (Å²) in [7, 11) is -4.14. The number of benzene rings is 2. The van der Waals surface area contributed by atoms with E-state index in [1.54, 1.807) is 12.1 Å². The average molecular weight is 838 g/mol. The predicted molar refractivity (Wildman–Crippen MR) is 195 cm³/mol. The minimum atomic E-state index is -4.97. The van der Waals surface area contributed by atoms with Crippen molar-refractivity contribution in [3.05, 3.63) is 83.8 Å².